The number of urea groups is 1. The van der Waals surface area contributed by atoms with Gasteiger partial charge in [-0.05, 0) is 28.8 Å². The van der Waals surface area contributed by atoms with Gasteiger partial charge in [0.15, 0.2) is 0 Å². The second-order valence-electron chi connectivity index (χ2n) is 8.64. The highest BCUT2D eigenvalue weighted by atomic mass is 16.5. The Morgan fingerprint density at radius 2 is 1.68 bits per heavy atom. The van der Waals surface area contributed by atoms with E-state index in [1.807, 2.05) is 30.3 Å². The molecule has 0 saturated carbocycles. The Labute approximate surface area is 198 Å². The van der Waals surface area contributed by atoms with E-state index in [-0.39, 0.29) is 43.1 Å². The first-order chi connectivity index (χ1) is 16.6. The molecule has 3 amide bonds. The van der Waals surface area contributed by atoms with Crippen molar-refractivity contribution < 1.29 is 19.4 Å². The number of aliphatic hydroxyl groups excluding tert-OH is 1. The summed E-state index contributed by atoms with van der Waals surface area (Å²) < 4.78 is 5.31. The lowest BCUT2D eigenvalue weighted by atomic mass is 9.73. The Morgan fingerprint density at radius 1 is 1.00 bits per heavy atom. The van der Waals surface area contributed by atoms with Gasteiger partial charge in [-0.15, -0.1) is 0 Å². The van der Waals surface area contributed by atoms with E-state index in [0.29, 0.717) is 18.0 Å². The van der Waals surface area contributed by atoms with Gasteiger partial charge < -0.3 is 25.0 Å². The molecule has 5 rings (SSSR count). The largest absolute Gasteiger partial charge is 0.495 e. The summed E-state index contributed by atoms with van der Waals surface area (Å²) in [7, 11) is 1.55. The average Bonchev–Trinajstić information content (AvgIpc) is 2.86. The molecule has 0 aliphatic carbocycles. The average molecular weight is 458 g/mol. The molecule has 7 heteroatoms. The van der Waals surface area contributed by atoms with Gasteiger partial charge in [-0.25, -0.2) is 4.79 Å². The maximum atomic E-state index is 13.0. The Hall–Kier alpha value is -3.84. The lowest BCUT2D eigenvalue weighted by molar-refractivity contribution is -0.159. The summed E-state index contributed by atoms with van der Waals surface area (Å²) in [4.78, 5) is 29.2. The molecule has 2 fully saturated rings. The summed E-state index contributed by atoms with van der Waals surface area (Å²) in [6.07, 6.45) is 0. The van der Waals surface area contributed by atoms with Gasteiger partial charge in [0.1, 0.15) is 12.3 Å². The fraction of sp³-hybridized carbons (Fsp3) is 0.259. The number of piperazine rings is 1. The van der Waals surface area contributed by atoms with Crippen LogP contribution in [-0.2, 0) is 4.79 Å². The summed E-state index contributed by atoms with van der Waals surface area (Å²) >= 11 is 0. The van der Waals surface area contributed by atoms with Crippen LogP contribution < -0.4 is 10.1 Å². The topological polar surface area (TPSA) is 82.1 Å². The number of anilines is 1. The molecule has 0 radical (unpaired) electrons. The van der Waals surface area contributed by atoms with Gasteiger partial charge in [-0.2, -0.15) is 0 Å². The predicted octanol–water partition coefficient (Wildman–Crippen LogP) is 3.57. The predicted molar refractivity (Wildman–Crippen MR) is 130 cm³/mol. The van der Waals surface area contributed by atoms with E-state index in [2.05, 4.69) is 41.7 Å². The number of methoxy groups -OCH3 is 1. The van der Waals surface area contributed by atoms with Crippen molar-refractivity contribution in [3.8, 4) is 16.9 Å². The number of hydrogen-bond donors (Lipinski definition) is 2. The number of amides is 3. The number of benzene rings is 3. The lowest BCUT2D eigenvalue weighted by Crippen LogP contribution is -2.73. The minimum absolute atomic E-state index is 0.0202. The highest BCUT2D eigenvalue weighted by Gasteiger charge is 2.54. The molecular formula is C27H27N3O4. The number of ether oxygens (including phenoxy) is 1. The number of fused-ring (bicyclic) bond motifs is 1. The monoisotopic (exact) mass is 457 g/mol. The molecule has 0 unspecified atom stereocenters. The zero-order chi connectivity index (χ0) is 23.7. The van der Waals surface area contributed by atoms with Gasteiger partial charge in [0.05, 0.1) is 31.5 Å². The number of nitrogens with zero attached hydrogens (tertiary/aromatic N) is 2. The van der Waals surface area contributed by atoms with Crippen LogP contribution >= 0.6 is 0 Å². The molecule has 2 heterocycles. The molecule has 3 aromatic carbocycles. The van der Waals surface area contributed by atoms with E-state index in [1.54, 1.807) is 24.1 Å². The van der Waals surface area contributed by atoms with E-state index in [1.165, 1.54) is 4.90 Å². The first-order valence-electron chi connectivity index (χ1n) is 11.4. The number of carbonyl (C=O) groups excluding carboxylic acids is 2. The standard InChI is InChI=1S/C27H27N3O4/c1-34-24-10-6-5-9-21(24)28-27(33)29-15-22-26(23(17-31)30(22)25(32)16-29)20-13-11-19(12-14-20)18-7-3-2-4-8-18/h2-14,22-23,26,31H,15-17H2,1H3,(H,28,33)/t22-,23+,26+/m0/s1. The Morgan fingerprint density at radius 3 is 2.38 bits per heavy atom. The van der Waals surface area contributed by atoms with Crippen molar-refractivity contribution in [1.29, 1.82) is 0 Å². The molecular weight excluding hydrogens is 430 g/mol. The number of carbonyl (C=O) groups is 2. The van der Waals surface area contributed by atoms with Gasteiger partial charge >= 0.3 is 6.03 Å². The van der Waals surface area contributed by atoms with Crippen LogP contribution in [0.2, 0.25) is 0 Å². The molecule has 2 N–H and O–H groups in total. The highest BCUT2D eigenvalue weighted by Crippen LogP contribution is 2.43. The van der Waals surface area contributed by atoms with E-state index in [4.69, 9.17) is 4.74 Å². The van der Waals surface area contributed by atoms with Gasteiger partial charge in [-0.1, -0.05) is 66.7 Å². The molecule has 3 atom stereocenters. The Kier molecular flexibility index (Phi) is 5.94. The number of aliphatic hydroxyl groups is 1. The van der Waals surface area contributed by atoms with Gasteiger partial charge in [0.2, 0.25) is 5.91 Å². The first kappa shape index (κ1) is 22.0. The summed E-state index contributed by atoms with van der Waals surface area (Å²) in [6.45, 7) is 0.267. The Balaban J connectivity index is 1.34. The van der Waals surface area contributed by atoms with Gasteiger partial charge in [-0.3, -0.25) is 4.79 Å². The summed E-state index contributed by atoms with van der Waals surface area (Å²) in [6, 6.07) is 24.8. The summed E-state index contributed by atoms with van der Waals surface area (Å²) in [5, 5.41) is 12.9. The third-order valence-electron chi connectivity index (χ3n) is 6.79. The van der Waals surface area contributed by atoms with Crippen LogP contribution in [0.4, 0.5) is 10.5 Å². The molecule has 0 bridgehead atoms. The second kappa shape index (κ2) is 9.19. The molecule has 0 aromatic heterocycles. The summed E-state index contributed by atoms with van der Waals surface area (Å²) in [5.41, 5.74) is 3.85. The second-order valence-corrected chi connectivity index (χ2v) is 8.64. The molecule has 2 aliphatic heterocycles. The van der Waals surface area contributed by atoms with Crippen LogP contribution in [-0.4, -0.2) is 65.7 Å². The quantitative estimate of drug-likeness (QED) is 0.614. The molecule has 2 saturated heterocycles. The molecule has 7 nitrogen and oxygen atoms in total. The van der Waals surface area contributed by atoms with Crippen molar-refractivity contribution in [3.63, 3.8) is 0 Å². The van der Waals surface area contributed by atoms with E-state index in [0.717, 1.165) is 16.7 Å². The van der Waals surface area contributed by atoms with Crippen molar-refractivity contribution in [2.75, 3.05) is 32.1 Å². The highest BCUT2D eigenvalue weighted by molar-refractivity contribution is 5.94. The fourth-order valence-corrected chi connectivity index (χ4v) is 5.12. The molecule has 3 aromatic rings. The maximum absolute atomic E-state index is 13.0. The molecule has 0 spiro atoms. The van der Waals surface area contributed by atoms with Crippen molar-refractivity contribution in [1.82, 2.24) is 9.80 Å². The third-order valence-corrected chi connectivity index (χ3v) is 6.79. The minimum Gasteiger partial charge on any atom is -0.495 e. The third kappa shape index (κ3) is 3.88. The van der Waals surface area contributed by atoms with Crippen LogP contribution in [0.5, 0.6) is 5.75 Å². The first-order valence-corrected chi connectivity index (χ1v) is 11.4. The zero-order valence-electron chi connectivity index (χ0n) is 18.9. The van der Waals surface area contributed by atoms with Crippen LogP contribution in [0.25, 0.3) is 11.1 Å². The molecule has 34 heavy (non-hydrogen) atoms. The fourth-order valence-electron chi connectivity index (χ4n) is 5.12. The number of para-hydroxylation sites is 2. The zero-order valence-corrected chi connectivity index (χ0v) is 18.9. The van der Waals surface area contributed by atoms with Crippen molar-refractivity contribution in [2.45, 2.75) is 18.0 Å². The van der Waals surface area contributed by atoms with Crippen molar-refractivity contribution in [3.05, 3.63) is 84.4 Å². The SMILES string of the molecule is COc1ccccc1NC(=O)N1CC(=O)N2[C@H](CO)[C@H](c3ccc(-c4ccccc4)cc3)[C@@H]2C1. The van der Waals surface area contributed by atoms with Crippen LogP contribution in [0, 0.1) is 0 Å². The van der Waals surface area contributed by atoms with Gasteiger partial charge in [0.25, 0.3) is 0 Å². The van der Waals surface area contributed by atoms with E-state index >= 15 is 0 Å². The van der Waals surface area contributed by atoms with Crippen molar-refractivity contribution >= 4 is 17.6 Å². The van der Waals surface area contributed by atoms with Crippen LogP contribution in [0.3, 0.4) is 0 Å². The number of rotatable bonds is 5. The lowest BCUT2D eigenvalue weighted by Gasteiger charge is -2.58. The van der Waals surface area contributed by atoms with E-state index in [9.17, 15) is 14.7 Å². The number of hydrogen-bond acceptors (Lipinski definition) is 4. The smallest absolute Gasteiger partial charge is 0.322 e. The number of nitrogens with one attached hydrogen (secondary N) is 1. The maximum Gasteiger partial charge on any atom is 0.322 e. The van der Waals surface area contributed by atoms with Crippen LogP contribution in [0.1, 0.15) is 11.5 Å². The minimum atomic E-state index is -0.344. The molecule has 174 valence electrons. The molecule has 2 aliphatic rings. The Bertz CT molecular complexity index is 1180. The van der Waals surface area contributed by atoms with E-state index < -0.39 is 0 Å². The van der Waals surface area contributed by atoms with Crippen LogP contribution in [0.15, 0.2) is 78.9 Å². The van der Waals surface area contributed by atoms with Gasteiger partial charge in [0, 0.05) is 12.5 Å². The normalized spacial score (nSPS) is 21.5. The van der Waals surface area contributed by atoms with Crippen molar-refractivity contribution in [2.24, 2.45) is 0 Å². The summed E-state index contributed by atoms with van der Waals surface area (Å²) in [5.74, 6) is 0.365.